The van der Waals surface area contributed by atoms with Gasteiger partial charge in [0.15, 0.2) is 0 Å². The Hall–Kier alpha value is -0.200. The van der Waals surface area contributed by atoms with Crippen molar-refractivity contribution in [3.05, 3.63) is 0 Å². The average molecular weight is 334 g/mol. The Morgan fingerprint density at radius 2 is 1.52 bits per heavy atom. The lowest BCUT2D eigenvalue weighted by molar-refractivity contribution is -0.554. The van der Waals surface area contributed by atoms with E-state index in [4.69, 9.17) is 24.0 Å². The zero-order valence-corrected chi connectivity index (χ0v) is 16.4. The molecule has 0 aliphatic rings. The Balaban J connectivity index is 5.33. The predicted octanol–water partition coefficient (Wildman–Crippen LogP) is 4.83. The highest BCUT2D eigenvalue weighted by atomic mass is 17.3. The highest BCUT2D eigenvalue weighted by molar-refractivity contribution is 4.82. The molecule has 0 heterocycles. The molecule has 0 radical (unpaired) electrons. The SMILES string of the molecule is CCCCOC(OOC(C)CC)(OC(C)C)C(C)(C)OCCC. The van der Waals surface area contributed by atoms with Gasteiger partial charge in [-0.3, -0.25) is 0 Å². The lowest BCUT2D eigenvalue weighted by atomic mass is 10.1. The average Bonchev–Trinajstić information content (AvgIpc) is 2.49. The van der Waals surface area contributed by atoms with Crippen LogP contribution in [-0.4, -0.2) is 37.0 Å². The molecule has 0 amide bonds. The van der Waals surface area contributed by atoms with Crippen molar-refractivity contribution in [3.8, 4) is 0 Å². The first-order valence-corrected chi connectivity index (χ1v) is 9.04. The molecular weight excluding hydrogens is 296 g/mol. The van der Waals surface area contributed by atoms with Crippen LogP contribution < -0.4 is 0 Å². The molecule has 0 spiro atoms. The summed E-state index contributed by atoms with van der Waals surface area (Å²) in [4.78, 5) is 11.3. The summed E-state index contributed by atoms with van der Waals surface area (Å²) in [5.74, 6) is -1.39. The van der Waals surface area contributed by atoms with Gasteiger partial charge in [0.2, 0.25) is 0 Å². The van der Waals surface area contributed by atoms with Crippen LogP contribution in [0.5, 0.6) is 0 Å². The minimum Gasteiger partial charge on any atom is -0.367 e. The van der Waals surface area contributed by atoms with E-state index in [0.717, 1.165) is 25.7 Å². The van der Waals surface area contributed by atoms with Gasteiger partial charge in [0.05, 0.1) is 18.8 Å². The third kappa shape index (κ3) is 7.94. The van der Waals surface area contributed by atoms with E-state index >= 15 is 0 Å². The Morgan fingerprint density at radius 3 is 2.00 bits per heavy atom. The molecule has 0 saturated carbocycles. The molecule has 0 aliphatic heterocycles. The standard InChI is InChI=1S/C18H38O5/c1-9-12-14-20-18(21-15(4)5,23-22-16(6)11-3)17(7,8)19-13-10-2/h15-16H,9-14H2,1-8H3. The van der Waals surface area contributed by atoms with E-state index in [1.807, 2.05) is 41.5 Å². The van der Waals surface area contributed by atoms with Gasteiger partial charge in [0, 0.05) is 6.61 Å². The minimum absolute atomic E-state index is 0.0538. The summed E-state index contributed by atoms with van der Waals surface area (Å²) in [6.07, 6.45) is 3.54. The normalized spacial score (nSPS) is 16.6. The second-order valence-electron chi connectivity index (χ2n) is 6.68. The molecular formula is C18H38O5. The third-order valence-corrected chi connectivity index (χ3v) is 3.48. The van der Waals surface area contributed by atoms with Gasteiger partial charge >= 0.3 is 5.97 Å². The van der Waals surface area contributed by atoms with Crippen LogP contribution in [0.25, 0.3) is 0 Å². The number of hydrogen-bond acceptors (Lipinski definition) is 5. The predicted molar refractivity (Wildman–Crippen MR) is 92.1 cm³/mol. The maximum atomic E-state index is 6.05. The summed E-state index contributed by atoms with van der Waals surface area (Å²) in [7, 11) is 0. The molecule has 0 aromatic carbocycles. The number of rotatable bonds is 14. The Bertz CT molecular complexity index is 293. The molecule has 140 valence electrons. The summed E-state index contributed by atoms with van der Waals surface area (Å²) >= 11 is 0. The van der Waals surface area contributed by atoms with E-state index in [-0.39, 0.29) is 12.2 Å². The van der Waals surface area contributed by atoms with Gasteiger partial charge in [0.25, 0.3) is 0 Å². The minimum atomic E-state index is -1.39. The van der Waals surface area contributed by atoms with Crippen molar-refractivity contribution >= 4 is 0 Å². The zero-order valence-electron chi connectivity index (χ0n) is 16.4. The van der Waals surface area contributed by atoms with Gasteiger partial charge in [-0.05, 0) is 53.9 Å². The lowest BCUT2D eigenvalue weighted by Gasteiger charge is -2.44. The van der Waals surface area contributed by atoms with E-state index in [1.54, 1.807) is 0 Å². The van der Waals surface area contributed by atoms with Crippen molar-refractivity contribution in [2.24, 2.45) is 0 Å². The molecule has 5 nitrogen and oxygen atoms in total. The van der Waals surface area contributed by atoms with Crippen LogP contribution in [0, 0.1) is 0 Å². The van der Waals surface area contributed by atoms with Crippen LogP contribution in [-0.2, 0) is 24.0 Å². The molecule has 2 unspecified atom stereocenters. The van der Waals surface area contributed by atoms with Crippen molar-refractivity contribution in [1.29, 1.82) is 0 Å². The second kappa shape index (κ2) is 11.4. The van der Waals surface area contributed by atoms with Crippen molar-refractivity contribution in [2.75, 3.05) is 13.2 Å². The van der Waals surface area contributed by atoms with E-state index < -0.39 is 11.6 Å². The van der Waals surface area contributed by atoms with Crippen LogP contribution in [0.4, 0.5) is 0 Å². The smallest absolute Gasteiger partial charge is 0.341 e. The fourth-order valence-electron chi connectivity index (χ4n) is 1.81. The topological polar surface area (TPSA) is 46.2 Å². The first-order valence-electron chi connectivity index (χ1n) is 9.04. The maximum Gasteiger partial charge on any atom is 0.341 e. The van der Waals surface area contributed by atoms with Crippen molar-refractivity contribution in [2.45, 2.75) is 105 Å². The Labute approximate surface area is 142 Å². The van der Waals surface area contributed by atoms with E-state index in [2.05, 4.69) is 13.8 Å². The van der Waals surface area contributed by atoms with E-state index in [9.17, 15) is 0 Å². The molecule has 0 aromatic rings. The summed E-state index contributed by atoms with van der Waals surface area (Å²) in [6, 6.07) is 0. The molecule has 0 aromatic heterocycles. The van der Waals surface area contributed by atoms with Crippen molar-refractivity contribution in [1.82, 2.24) is 0 Å². The van der Waals surface area contributed by atoms with Crippen molar-refractivity contribution < 1.29 is 24.0 Å². The number of ether oxygens (including phenoxy) is 3. The monoisotopic (exact) mass is 334 g/mol. The lowest BCUT2D eigenvalue weighted by Crippen LogP contribution is -2.59. The third-order valence-electron chi connectivity index (χ3n) is 3.48. The van der Waals surface area contributed by atoms with Crippen molar-refractivity contribution in [3.63, 3.8) is 0 Å². The summed E-state index contributed by atoms with van der Waals surface area (Å²) in [5.41, 5.74) is -0.811. The number of unbranched alkanes of at least 4 members (excludes halogenated alkanes) is 1. The molecule has 23 heavy (non-hydrogen) atoms. The first kappa shape index (κ1) is 22.8. The Kier molecular flexibility index (Phi) is 11.3. The van der Waals surface area contributed by atoms with Gasteiger partial charge in [0.1, 0.15) is 5.60 Å². The van der Waals surface area contributed by atoms with E-state index in [0.29, 0.717) is 13.2 Å². The van der Waals surface area contributed by atoms with Crippen LogP contribution in [0.2, 0.25) is 0 Å². The highest BCUT2D eigenvalue weighted by Gasteiger charge is 2.53. The fourth-order valence-corrected chi connectivity index (χ4v) is 1.81. The van der Waals surface area contributed by atoms with Crippen LogP contribution >= 0.6 is 0 Å². The number of hydrogen-bond donors (Lipinski definition) is 0. The molecule has 2 atom stereocenters. The Morgan fingerprint density at radius 1 is 0.870 bits per heavy atom. The van der Waals surface area contributed by atoms with Gasteiger partial charge < -0.3 is 14.2 Å². The fraction of sp³-hybridized carbons (Fsp3) is 1.00. The first-order chi connectivity index (χ1) is 10.7. The molecule has 0 bridgehead atoms. The highest BCUT2D eigenvalue weighted by Crippen LogP contribution is 2.35. The molecule has 0 saturated heterocycles. The van der Waals surface area contributed by atoms with Gasteiger partial charge in [-0.1, -0.05) is 27.2 Å². The quantitative estimate of drug-likeness (QED) is 0.197. The summed E-state index contributed by atoms with van der Waals surface area (Å²) in [6.45, 7) is 17.0. The van der Waals surface area contributed by atoms with Gasteiger partial charge in [-0.25, -0.2) is 4.89 Å². The zero-order chi connectivity index (χ0) is 17.9. The van der Waals surface area contributed by atoms with Crippen LogP contribution in [0.1, 0.15) is 81.1 Å². The largest absolute Gasteiger partial charge is 0.367 e. The summed E-state index contributed by atoms with van der Waals surface area (Å²) in [5, 5.41) is 0. The van der Waals surface area contributed by atoms with Crippen LogP contribution in [0.3, 0.4) is 0 Å². The van der Waals surface area contributed by atoms with Crippen LogP contribution in [0.15, 0.2) is 0 Å². The molecule has 0 fully saturated rings. The molecule has 5 heteroatoms. The maximum absolute atomic E-state index is 6.05. The molecule has 0 N–H and O–H groups in total. The van der Waals surface area contributed by atoms with Gasteiger partial charge in [-0.2, -0.15) is 4.89 Å². The molecule has 0 rings (SSSR count). The van der Waals surface area contributed by atoms with E-state index in [1.165, 1.54) is 0 Å². The second-order valence-corrected chi connectivity index (χ2v) is 6.68. The molecule has 0 aliphatic carbocycles. The van der Waals surface area contributed by atoms with Gasteiger partial charge in [-0.15, -0.1) is 0 Å². The summed E-state index contributed by atoms with van der Waals surface area (Å²) < 4.78 is 18.1.